The fraction of sp³-hybridized carbons (Fsp3) is 0.933. The summed E-state index contributed by atoms with van der Waals surface area (Å²) in [6.07, 6.45) is 5.98. The summed E-state index contributed by atoms with van der Waals surface area (Å²) in [6.45, 7) is 8.71. The van der Waals surface area contributed by atoms with Crippen molar-refractivity contribution in [3.8, 4) is 0 Å². The molecule has 2 N–H and O–H groups in total. The lowest BCUT2D eigenvalue weighted by molar-refractivity contribution is -0.139. The van der Waals surface area contributed by atoms with Crippen LogP contribution in [0.5, 0.6) is 0 Å². The molecule has 0 bridgehead atoms. The number of hydrogen-bond acceptors (Lipinski definition) is 3. The zero-order valence-corrected chi connectivity index (χ0v) is 12.5. The van der Waals surface area contributed by atoms with Crippen molar-refractivity contribution in [2.45, 2.75) is 51.5 Å². The topological polar surface area (TPSA) is 49.6 Å². The highest BCUT2D eigenvalue weighted by molar-refractivity contribution is 5.79. The Hall–Kier alpha value is -0.610. The third-order valence-corrected chi connectivity index (χ3v) is 4.90. The van der Waals surface area contributed by atoms with Crippen LogP contribution in [0.15, 0.2) is 0 Å². The van der Waals surface area contributed by atoms with E-state index < -0.39 is 0 Å². The number of carbonyl (C=O) groups is 1. The molecule has 4 heteroatoms. The molecular weight excluding hydrogens is 238 g/mol. The van der Waals surface area contributed by atoms with Crippen molar-refractivity contribution in [1.29, 1.82) is 0 Å². The molecule has 2 aliphatic rings. The van der Waals surface area contributed by atoms with E-state index in [0.717, 1.165) is 39.0 Å². The summed E-state index contributed by atoms with van der Waals surface area (Å²) in [6, 6.07) is 0. The number of rotatable bonds is 3. The van der Waals surface area contributed by atoms with Crippen LogP contribution in [0.4, 0.5) is 0 Å². The SMILES string of the molecule is CC(C)(CN)N1CCN(C(=O)C2CCCCC2)CC1. The quantitative estimate of drug-likeness (QED) is 0.842. The molecule has 1 saturated heterocycles. The second-order valence-electron chi connectivity index (χ2n) is 6.66. The van der Waals surface area contributed by atoms with Gasteiger partial charge >= 0.3 is 0 Å². The van der Waals surface area contributed by atoms with Crippen LogP contribution in [-0.4, -0.2) is 54.0 Å². The van der Waals surface area contributed by atoms with E-state index in [4.69, 9.17) is 5.73 Å². The smallest absolute Gasteiger partial charge is 0.225 e. The number of hydrogen-bond donors (Lipinski definition) is 1. The van der Waals surface area contributed by atoms with Crippen LogP contribution < -0.4 is 5.73 Å². The van der Waals surface area contributed by atoms with Crippen LogP contribution in [0, 0.1) is 5.92 Å². The van der Waals surface area contributed by atoms with Gasteiger partial charge in [-0.25, -0.2) is 0 Å². The number of carbonyl (C=O) groups excluding carboxylic acids is 1. The molecule has 2 rings (SSSR count). The van der Waals surface area contributed by atoms with Crippen LogP contribution in [0.25, 0.3) is 0 Å². The van der Waals surface area contributed by atoms with Crippen molar-refractivity contribution < 1.29 is 4.79 Å². The molecule has 1 amide bonds. The molecule has 0 aromatic rings. The van der Waals surface area contributed by atoms with E-state index in [2.05, 4.69) is 23.6 Å². The molecular formula is C15H29N3O. The van der Waals surface area contributed by atoms with Crippen LogP contribution in [0.3, 0.4) is 0 Å². The van der Waals surface area contributed by atoms with Crippen LogP contribution in [-0.2, 0) is 4.79 Å². The molecule has 1 aliphatic heterocycles. The van der Waals surface area contributed by atoms with E-state index >= 15 is 0 Å². The molecule has 0 aromatic carbocycles. The first kappa shape index (κ1) is 14.8. The Morgan fingerprint density at radius 1 is 1.11 bits per heavy atom. The fourth-order valence-corrected chi connectivity index (χ4v) is 3.27. The summed E-state index contributed by atoms with van der Waals surface area (Å²) in [5.74, 6) is 0.715. The van der Waals surface area contributed by atoms with E-state index in [9.17, 15) is 4.79 Å². The van der Waals surface area contributed by atoms with Gasteiger partial charge in [0.15, 0.2) is 0 Å². The molecule has 110 valence electrons. The Bertz CT molecular complexity index is 303. The van der Waals surface area contributed by atoms with Crippen LogP contribution in [0.1, 0.15) is 46.0 Å². The van der Waals surface area contributed by atoms with Gasteiger partial charge in [-0.1, -0.05) is 19.3 Å². The van der Waals surface area contributed by atoms with Crippen molar-refractivity contribution in [1.82, 2.24) is 9.80 Å². The van der Waals surface area contributed by atoms with E-state index in [0.29, 0.717) is 18.4 Å². The summed E-state index contributed by atoms with van der Waals surface area (Å²) < 4.78 is 0. The predicted molar refractivity (Wildman–Crippen MR) is 77.9 cm³/mol. The Balaban J connectivity index is 1.84. The summed E-state index contributed by atoms with van der Waals surface area (Å²) in [5.41, 5.74) is 5.88. The molecule has 0 spiro atoms. The lowest BCUT2D eigenvalue weighted by atomic mass is 9.88. The van der Waals surface area contributed by atoms with Crippen molar-refractivity contribution in [3.05, 3.63) is 0 Å². The van der Waals surface area contributed by atoms with Crippen molar-refractivity contribution in [2.75, 3.05) is 32.7 Å². The van der Waals surface area contributed by atoms with Crippen molar-refractivity contribution >= 4 is 5.91 Å². The van der Waals surface area contributed by atoms with E-state index in [1.54, 1.807) is 0 Å². The molecule has 1 heterocycles. The van der Waals surface area contributed by atoms with Gasteiger partial charge in [-0.3, -0.25) is 9.69 Å². The maximum absolute atomic E-state index is 12.5. The van der Waals surface area contributed by atoms with Crippen LogP contribution >= 0.6 is 0 Å². The largest absolute Gasteiger partial charge is 0.340 e. The number of amides is 1. The Kier molecular flexibility index (Phi) is 4.85. The average Bonchev–Trinajstić information content (AvgIpc) is 2.47. The van der Waals surface area contributed by atoms with Crippen LogP contribution in [0.2, 0.25) is 0 Å². The van der Waals surface area contributed by atoms with Gasteiger partial charge < -0.3 is 10.6 Å². The summed E-state index contributed by atoms with van der Waals surface area (Å²) in [4.78, 5) is 17.0. The summed E-state index contributed by atoms with van der Waals surface area (Å²) in [7, 11) is 0. The summed E-state index contributed by atoms with van der Waals surface area (Å²) >= 11 is 0. The van der Waals surface area contributed by atoms with Crippen molar-refractivity contribution in [2.24, 2.45) is 11.7 Å². The molecule has 4 nitrogen and oxygen atoms in total. The first-order valence-electron chi connectivity index (χ1n) is 7.78. The number of nitrogens with zero attached hydrogens (tertiary/aromatic N) is 2. The number of piperazine rings is 1. The zero-order chi connectivity index (χ0) is 13.9. The molecule has 1 saturated carbocycles. The van der Waals surface area contributed by atoms with Gasteiger partial charge in [0.1, 0.15) is 0 Å². The van der Waals surface area contributed by atoms with Gasteiger partial charge in [-0.2, -0.15) is 0 Å². The van der Waals surface area contributed by atoms with Gasteiger partial charge in [0.2, 0.25) is 5.91 Å². The fourth-order valence-electron chi connectivity index (χ4n) is 3.27. The predicted octanol–water partition coefficient (Wildman–Crippen LogP) is 1.45. The summed E-state index contributed by atoms with van der Waals surface area (Å²) in [5, 5.41) is 0. The van der Waals surface area contributed by atoms with E-state index in [1.165, 1.54) is 19.3 Å². The third-order valence-electron chi connectivity index (χ3n) is 4.90. The standard InChI is InChI=1S/C15H29N3O/c1-15(2,12-16)18-10-8-17(9-11-18)14(19)13-6-4-3-5-7-13/h13H,3-12,16H2,1-2H3. The van der Waals surface area contributed by atoms with E-state index in [1.807, 2.05) is 0 Å². The molecule has 1 aliphatic carbocycles. The normalized spacial score (nSPS) is 23.6. The van der Waals surface area contributed by atoms with Gasteiger partial charge in [0.05, 0.1) is 0 Å². The minimum atomic E-state index is 0.0555. The van der Waals surface area contributed by atoms with Gasteiger partial charge in [0, 0.05) is 44.2 Å². The van der Waals surface area contributed by atoms with Crippen molar-refractivity contribution in [3.63, 3.8) is 0 Å². The molecule has 2 fully saturated rings. The first-order chi connectivity index (χ1) is 9.04. The molecule has 0 aromatic heterocycles. The van der Waals surface area contributed by atoms with E-state index in [-0.39, 0.29) is 5.54 Å². The molecule has 0 radical (unpaired) electrons. The highest BCUT2D eigenvalue weighted by Gasteiger charge is 2.32. The maximum Gasteiger partial charge on any atom is 0.225 e. The molecule has 0 unspecified atom stereocenters. The molecule has 0 atom stereocenters. The second-order valence-corrected chi connectivity index (χ2v) is 6.66. The Morgan fingerprint density at radius 3 is 2.21 bits per heavy atom. The van der Waals surface area contributed by atoms with Gasteiger partial charge in [0.25, 0.3) is 0 Å². The monoisotopic (exact) mass is 267 g/mol. The maximum atomic E-state index is 12.5. The molecule has 19 heavy (non-hydrogen) atoms. The lowest BCUT2D eigenvalue weighted by Gasteiger charge is -2.44. The highest BCUT2D eigenvalue weighted by Crippen LogP contribution is 2.26. The number of nitrogens with two attached hydrogens (primary N) is 1. The second kappa shape index (κ2) is 6.23. The average molecular weight is 267 g/mol. The lowest BCUT2D eigenvalue weighted by Crippen LogP contribution is -2.58. The van der Waals surface area contributed by atoms with Gasteiger partial charge in [-0.05, 0) is 26.7 Å². The minimum Gasteiger partial charge on any atom is -0.340 e. The zero-order valence-electron chi connectivity index (χ0n) is 12.5. The van der Waals surface area contributed by atoms with Gasteiger partial charge in [-0.15, -0.1) is 0 Å². The third kappa shape index (κ3) is 3.48. The highest BCUT2D eigenvalue weighted by atomic mass is 16.2. The Morgan fingerprint density at radius 2 is 1.68 bits per heavy atom. The first-order valence-corrected chi connectivity index (χ1v) is 7.78. The minimum absolute atomic E-state index is 0.0555. The Labute approximate surface area is 117 Å².